The van der Waals surface area contributed by atoms with Gasteiger partial charge in [-0.3, -0.25) is 4.57 Å². The first-order valence-electron chi connectivity index (χ1n) is 5.51. The van der Waals surface area contributed by atoms with Gasteiger partial charge in [-0.1, -0.05) is 11.6 Å². The zero-order valence-corrected chi connectivity index (χ0v) is 10.5. The molecule has 0 amide bonds. The monoisotopic (exact) mass is 249 g/mol. The predicted molar refractivity (Wildman–Crippen MR) is 65.0 cm³/mol. The lowest BCUT2D eigenvalue weighted by Gasteiger charge is -2.09. The summed E-state index contributed by atoms with van der Waals surface area (Å²) in [7, 11) is 0. The van der Waals surface area contributed by atoms with E-state index in [1.165, 1.54) is 0 Å². The Hall–Kier alpha value is -1.55. The third-order valence-electron chi connectivity index (χ3n) is 3.01. The number of halogens is 1. The highest BCUT2D eigenvalue weighted by molar-refractivity contribution is 6.29. The van der Waals surface area contributed by atoms with Gasteiger partial charge in [0.25, 0.3) is 0 Å². The van der Waals surface area contributed by atoms with Gasteiger partial charge in [0.05, 0.1) is 12.3 Å². The van der Waals surface area contributed by atoms with Crippen LogP contribution in [0.1, 0.15) is 17.2 Å². The summed E-state index contributed by atoms with van der Waals surface area (Å²) < 4.78 is 7.69. The first-order valence-corrected chi connectivity index (χ1v) is 5.89. The lowest BCUT2D eigenvalue weighted by molar-refractivity contribution is 0.324. The molecule has 0 N–H and O–H groups in total. The second kappa shape index (κ2) is 3.74. The molecule has 0 atom stereocenters. The highest BCUT2D eigenvalue weighted by Gasteiger charge is 2.20. The number of nitrogens with zero attached hydrogens (tertiary/aromatic N) is 3. The minimum atomic E-state index is 0.464. The zero-order valence-electron chi connectivity index (χ0n) is 9.70. The van der Waals surface area contributed by atoms with Crippen molar-refractivity contribution in [2.24, 2.45) is 0 Å². The minimum Gasteiger partial charge on any atom is -0.489 e. The molecular weight excluding hydrogens is 238 g/mol. The van der Waals surface area contributed by atoms with Crippen molar-refractivity contribution in [2.45, 2.75) is 20.3 Å². The number of ether oxygens (including phenoxy) is 1. The Bertz CT molecular complexity index is 592. The first kappa shape index (κ1) is 10.6. The summed E-state index contributed by atoms with van der Waals surface area (Å²) in [5.41, 5.74) is 2.11. The number of imidazole rings is 1. The number of aryl methyl sites for hydroxylation is 1. The van der Waals surface area contributed by atoms with Crippen LogP contribution < -0.4 is 4.74 Å². The van der Waals surface area contributed by atoms with Gasteiger partial charge < -0.3 is 4.74 Å². The van der Waals surface area contributed by atoms with Crippen LogP contribution in [0.5, 0.6) is 5.75 Å². The normalized spacial score (nSPS) is 13.6. The average molecular weight is 250 g/mol. The van der Waals surface area contributed by atoms with Crippen LogP contribution in [0.15, 0.2) is 12.1 Å². The summed E-state index contributed by atoms with van der Waals surface area (Å²) in [6.07, 6.45) is 0.780. The van der Waals surface area contributed by atoms with Gasteiger partial charge in [0.1, 0.15) is 11.0 Å². The molecule has 2 aromatic rings. The molecule has 0 radical (unpaired) electrons. The van der Waals surface area contributed by atoms with Crippen LogP contribution in [-0.2, 0) is 6.42 Å². The SMILES string of the molecule is Cc1nc2n(c1C)-c1nc(Cl)ccc1OCC2. The van der Waals surface area contributed by atoms with Gasteiger partial charge >= 0.3 is 0 Å². The van der Waals surface area contributed by atoms with Gasteiger partial charge in [-0.05, 0) is 26.0 Å². The second-order valence-electron chi connectivity index (χ2n) is 4.09. The van der Waals surface area contributed by atoms with E-state index in [0.717, 1.165) is 35.2 Å². The first-order chi connectivity index (χ1) is 8.16. The van der Waals surface area contributed by atoms with E-state index in [0.29, 0.717) is 11.8 Å². The Morgan fingerprint density at radius 3 is 2.94 bits per heavy atom. The number of pyridine rings is 1. The van der Waals surface area contributed by atoms with E-state index in [4.69, 9.17) is 16.3 Å². The smallest absolute Gasteiger partial charge is 0.182 e. The molecule has 2 aromatic heterocycles. The Labute approximate surface area is 104 Å². The van der Waals surface area contributed by atoms with E-state index in [-0.39, 0.29) is 0 Å². The van der Waals surface area contributed by atoms with Crippen molar-refractivity contribution in [3.63, 3.8) is 0 Å². The molecule has 0 unspecified atom stereocenters. The van der Waals surface area contributed by atoms with Crippen molar-refractivity contribution >= 4 is 11.6 Å². The average Bonchev–Trinajstić information content (AvgIpc) is 2.47. The molecule has 4 nitrogen and oxygen atoms in total. The maximum Gasteiger partial charge on any atom is 0.182 e. The summed E-state index contributed by atoms with van der Waals surface area (Å²) in [5.74, 6) is 2.48. The van der Waals surface area contributed by atoms with Crippen LogP contribution in [0.3, 0.4) is 0 Å². The molecular formula is C12H12ClN3O. The fraction of sp³-hybridized carbons (Fsp3) is 0.333. The molecule has 0 saturated heterocycles. The topological polar surface area (TPSA) is 39.9 Å². The number of fused-ring (bicyclic) bond motifs is 3. The van der Waals surface area contributed by atoms with Gasteiger partial charge in [-0.25, -0.2) is 9.97 Å². The fourth-order valence-electron chi connectivity index (χ4n) is 2.07. The second-order valence-corrected chi connectivity index (χ2v) is 4.48. The van der Waals surface area contributed by atoms with Crippen molar-refractivity contribution in [2.75, 3.05) is 6.61 Å². The number of aromatic nitrogens is 3. The van der Waals surface area contributed by atoms with E-state index >= 15 is 0 Å². The summed E-state index contributed by atoms with van der Waals surface area (Å²) in [4.78, 5) is 8.89. The predicted octanol–water partition coefficient (Wildman–Crippen LogP) is 2.47. The lowest BCUT2D eigenvalue weighted by Crippen LogP contribution is -2.03. The highest BCUT2D eigenvalue weighted by Crippen LogP contribution is 2.29. The largest absolute Gasteiger partial charge is 0.489 e. The molecule has 17 heavy (non-hydrogen) atoms. The van der Waals surface area contributed by atoms with Crippen LogP contribution in [0.2, 0.25) is 5.15 Å². The van der Waals surface area contributed by atoms with E-state index in [9.17, 15) is 0 Å². The van der Waals surface area contributed by atoms with Crippen molar-refractivity contribution in [3.8, 4) is 11.6 Å². The van der Waals surface area contributed by atoms with E-state index < -0.39 is 0 Å². The Morgan fingerprint density at radius 2 is 2.12 bits per heavy atom. The van der Waals surface area contributed by atoms with Crippen LogP contribution >= 0.6 is 11.6 Å². The van der Waals surface area contributed by atoms with Crippen LogP contribution in [-0.4, -0.2) is 21.1 Å². The summed E-state index contributed by atoms with van der Waals surface area (Å²) in [6, 6.07) is 3.60. The Kier molecular flexibility index (Phi) is 2.33. The van der Waals surface area contributed by atoms with Crippen LogP contribution in [0.4, 0.5) is 0 Å². The van der Waals surface area contributed by atoms with Gasteiger partial charge in [-0.2, -0.15) is 0 Å². The molecule has 5 heteroatoms. The molecule has 0 aliphatic carbocycles. The van der Waals surface area contributed by atoms with Crippen molar-refractivity contribution < 1.29 is 4.74 Å². The third-order valence-corrected chi connectivity index (χ3v) is 3.22. The highest BCUT2D eigenvalue weighted by atomic mass is 35.5. The molecule has 0 bridgehead atoms. The van der Waals surface area contributed by atoms with Crippen molar-refractivity contribution in [1.82, 2.24) is 14.5 Å². The fourth-order valence-corrected chi connectivity index (χ4v) is 2.21. The molecule has 3 heterocycles. The van der Waals surface area contributed by atoms with Gasteiger partial charge in [0.15, 0.2) is 11.6 Å². The molecule has 0 aromatic carbocycles. The van der Waals surface area contributed by atoms with Gasteiger partial charge in [0.2, 0.25) is 0 Å². The molecule has 1 aliphatic rings. The lowest BCUT2D eigenvalue weighted by atomic mass is 10.3. The molecule has 3 rings (SSSR count). The van der Waals surface area contributed by atoms with E-state index in [1.807, 2.05) is 24.5 Å². The summed E-state index contributed by atoms with van der Waals surface area (Å²) >= 11 is 5.96. The molecule has 0 spiro atoms. The number of rotatable bonds is 0. The maximum atomic E-state index is 5.96. The third kappa shape index (κ3) is 1.60. The summed E-state index contributed by atoms with van der Waals surface area (Å²) in [5, 5.41) is 0.464. The Morgan fingerprint density at radius 1 is 1.29 bits per heavy atom. The number of hydrogen-bond donors (Lipinski definition) is 0. The number of hydrogen-bond acceptors (Lipinski definition) is 3. The van der Waals surface area contributed by atoms with Gasteiger partial charge in [-0.15, -0.1) is 0 Å². The summed E-state index contributed by atoms with van der Waals surface area (Å²) in [6.45, 7) is 4.65. The quantitative estimate of drug-likeness (QED) is 0.674. The van der Waals surface area contributed by atoms with Crippen molar-refractivity contribution in [3.05, 3.63) is 34.5 Å². The standard InChI is InChI=1S/C12H12ClN3O/c1-7-8(2)16-11(14-7)5-6-17-9-3-4-10(13)15-12(9)16/h3-4H,5-6H2,1-2H3. The molecule has 1 aliphatic heterocycles. The van der Waals surface area contributed by atoms with Crippen LogP contribution in [0, 0.1) is 13.8 Å². The Balaban J connectivity index is 2.32. The maximum absolute atomic E-state index is 5.96. The molecule has 0 fully saturated rings. The minimum absolute atomic E-state index is 0.464. The van der Waals surface area contributed by atoms with E-state index in [2.05, 4.69) is 9.97 Å². The molecule has 88 valence electrons. The van der Waals surface area contributed by atoms with Gasteiger partial charge in [0, 0.05) is 12.1 Å². The van der Waals surface area contributed by atoms with E-state index in [1.54, 1.807) is 6.07 Å². The van der Waals surface area contributed by atoms with Crippen molar-refractivity contribution in [1.29, 1.82) is 0 Å². The zero-order chi connectivity index (χ0) is 12.0. The van der Waals surface area contributed by atoms with Crippen LogP contribution in [0.25, 0.3) is 5.82 Å². The molecule has 0 saturated carbocycles.